The fourth-order valence-electron chi connectivity index (χ4n) is 1.33. The van der Waals surface area contributed by atoms with Gasteiger partial charge in [-0.25, -0.2) is 4.79 Å². The van der Waals surface area contributed by atoms with Crippen molar-refractivity contribution < 1.29 is 24.2 Å². The second-order valence-electron chi connectivity index (χ2n) is 3.50. The van der Waals surface area contributed by atoms with Gasteiger partial charge in [0.05, 0.1) is 12.1 Å². The molecule has 1 aromatic carbocycles. The molecular weight excluding hydrogens is 238 g/mol. The molecule has 1 rings (SSSR count). The maximum Gasteiger partial charge on any atom is 0.335 e. The second-order valence-corrected chi connectivity index (χ2v) is 3.50. The first-order valence-corrected chi connectivity index (χ1v) is 5.25. The number of carboxylic acid groups (broad SMARTS) is 1. The maximum atomic E-state index is 11.7. The van der Waals surface area contributed by atoms with Gasteiger partial charge in [-0.1, -0.05) is 6.07 Å². The summed E-state index contributed by atoms with van der Waals surface area (Å²) in [6, 6.07) is 5.79. The zero-order valence-corrected chi connectivity index (χ0v) is 10.2. The van der Waals surface area contributed by atoms with Crippen LogP contribution < -0.4 is 5.32 Å². The minimum absolute atomic E-state index is 0.0673. The third kappa shape index (κ3) is 3.83. The van der Waals surface area contributed by atoms with Crippen LogP contribution in [-0.4, -0.2) is 44.0 Å². The summed E-state index contributed by atoms with van der Waals surface area (Å²) in [6.07, 6.45) is -0.531. The van der Waals surface area contributed by atoms with Gasteiger partial charge < -0.3 is 19.9 Å². The van der Waals surface area contributed by atoms with E-state index in [1.54, 1.807) is 0 Å². The first-order chi connectivity index (χ1) is 8.58. The first kappa shape index (κ1) is 14.1. The molecule has 18 heavy (non-hydrogen) atoms. The van der Waals surface area contributed by atoms with E-state index < -0.39 is 12.3 Å². The van der Waals surface area contributed by atoms with E-state index in [-0.39, 0.29) is 23.6 Å². The number of aromatic carboxylic acids is 1. The van der Waals surface area contributed by atoms with Gasteiger partial charge in [0.25, 0.3) is 5.91 Å². The molecule has 0 aliphatic rings. The van der Waals surface area contributed by atoms with Crippen molar-refractivity contribution in [3.63, 3.8) is 0 Å². The normalized spacial score (nSPS) is 10.4. The van der Waals surface area contributed by atoms with Crippen LogP contribution in [0.5, 0.6) is 0 Å². The van der Waals surface area contributed by atoms with E-state index >= 15 is 0 Å². The highest BCUT2D eigenvalue weighted by molar-refractivity contribution is 5.97. The largest absolute Gasteiger partial charge is 0.478 e. The molecule has 1 amide bonds. The van der Waals surface area contributed by atoms with Crippen molar-refractivity contribution in [1.82, 2.24) is 5.32 Å². The van der Waals surface area contributed by atoms with Gasteiger partial charge in [-0.15, -0.1) is 0 Å². The summed E-state index contributed by atoms with van der Waals surface area (Å²) in [5, 5.41) is 11.4. The summed E-state index contributed by atoms with van der Waals surface area (Å²) in [5.41, 5.74) is 0.346. The van der Waals surface area contributed by atoms with Crippen molar-refractivity contribution in [2.45, 2.75) is 6.29 Å². The lowest BCUT2D eigenvalue weighted by molar-refractivity contribution is -0.0974. The molecule has 0 unspecified atom stereocenters. The number of carboxylic acids is 1. The van der Waals surface area contributed by atoms with E-state index in [9.17, 15) is 9.59 Å². The van der Waals surface area contributed by atoms with E-state index in [1.807, 2.05) is 0 Å². The zero-order chi connectivity index (χ0) is 13.5. The maximum absolute atomic E-state index is 11.7. The van der Waals surface area contributed by atoms with Crippen LogP contribution in [0.1, 0.15) is 20.7 Å². The molecule has 0 bridgehead atoms. The van der Waals surface area contributed by atoms with Crippen LogP contribution in [-0.2, 0) is 9.47 Å². The number of amides is 1. The molecule has 0 spiro atoms. The summed E-state index contributed by atoms with van der Waals surface area (Å²) < 4.78 is 9.83. The number of carbonyl (C=O) groups excluding carboxylic acids is 1. The summed E-state index contributed by atoms with van der Waals surface area (Å²) in [7, 11) is 2.93. The van der Waals surface area contributed by atoms with Crippen LogP contribution in [0.25, 0.3) is 0 Å². The molecule has 98 valence electrons. The first-order valence-electron chi connectivity index (χ1n) is 5.25. The van der Waals surface area contributed by atoms with Gasteiger partial charge in [0.1, 0.15) is 0 Å². The Morgan fingerprint density at radius 3 is 2.44 bits per heavy atom. The van der Waals surface area contributed by atoms with Gasteiger partial charge >= 0.3 is 5.97 Å². The van der Waals surface area contributed by atoms with E-state index in [4.69, 9.17) is 14.6 Å². The molecular formula is C12H15NO5. The lowest BCUT2D eigenvalue weighted by Gasteiger charge is -2.14. The predicted molar refractivity (Wildman–Crippen MR) is 63.5 cm³/mol. The van der Waals surface area contributed by atoms with Crippen molar-refractivity contribution in [3.8, 4) is 0 Å². The molecule has 0 aliphatic carbocycles. The number of rotatable bonds is 6. The van der Waals surface area contributed by atoms with Crippen LogP contribution in [0.2, 0.25) is 0 Å². The zero-order valence-electron chi connectivity index (χ0n) is 10.2. The van der Waals surface area contributed by atoms with Crippen molar-refractivity contribution in [3.05, 3.63) is 35.4 Å². The van der Waals surface area contributed by atoms with Crippen LogP contribution in [0, 0.1) is 0 Å². The molecule has 0 fully saturated rings. The van der Waals surface area contributed by atoms with Gasteiger partial charge in [-0.2, -0.15) is 0 Å². The standard InChI is InChI=1S/C12H15NO5/c1-17-10(18-2)7-13-11(14)8-4-3-5-9(6-8)12(15)16/h3-6,10H,7H2,1-2H3,(H,13,14)(H,15,16). The summed E-state index contributed by atoms with van der Waals surface area (Å²) in [5.74, 6) is -1.45. The van der Waals surface area contributed by atoms with Gasteiger partial charge in [-0.05, 0) is 18.2 Å². The Hall–Kier alpha value is -1.92. The molecule has 0 heterocycles. The summed E-state index contributed by atoms with van der Waals surface area (Å²) >= 11 is 0. The molecule has 1 aromatic rings. The number of hydrogen-bond donors (Lipinski definition) is 2. The predicted octanol–water partition coefficient (Wildman–Crippen LogP) is 0.733. The Balaban J connectivity index is 2.67. The number of benzene rings is 1. The Bertz CT molecular complexity index is 428. The third-order valence-electron chi connectivity index (χ3n) is 2.33. The van der Waals surface area contributed by atoms with Crippen molar-refractivity contribution in [2.24, 2.45) is 0 Å². The van der Waals surface area contributed by atoms with Gasteiger partial charge in [0, 0.05) is 19.8 Å². The minimum atomic E-state index is -1.07. The molecule has 6 heteroatoms. The van der Waals surface area contributed by atoms with Gasteiger partial charge in [0.15, 0.2) is 6.29 Å². The molecule has 0 aliphatic heterocycles. The number of ether oxygens (including phenoxy) is 2. The molecule has 2 N–H and O–H groups in total. The van der Waals surface area contributed by atoms with E-state index in [0.29, 0.717) is 0 Å². The van der Waals surface area contributed by atoms with Gasteiger partial charge in [0.2, 0.25) is 0 Å². The fraction of sp³-hybridized carbons (Fsp3) is 0.333. The number of carbonyl (C=O) groups is 2. The number of hydrogen-bond acceptors (Lipinski definition) is 4. The van der Waals surface area contributed by atoms with Crippen molar-refractivity contribution in [2.75, 3.05) is 20.8 Å². The summed E-state index contributed by atoms with van der Waals surface area (Å²) in [4.78, 5) is 22.5. The molecule has 0 saturated carbocycles. The van der Waals surface area contributed by atoms with Crippen molar-refractivity contribution in [1.29, 1.82) is 0 Å². The quantitative estimate of drug-likeness (QED) is 0.730. The Morgan fingerprint density at radius 1 is 1.28 bits per heavy atom. The highest BCUT2D eigenvalue weighted by Crippen LogP contribution is 2.05. The molecule has 0 radical (unpaired) electrons. The van der Waals surface area contributed by atoms with Gasteiger partial charge in [-0.3, -0.25) is 4.79 Å². The Labute approximate surface area is 105 Å². The topological polar surface area (TPSA) is 84.9 Å². The Morgan fingerprint density at radius 2 is 1.89 bits per heavy atom. The SMILES string of the molecule is COC(CNC(=O)c1cccc(C(=O)O)c1)OC. The molecule has 0 atom stereocenters. The van der Waals surface area contributed by atoms with E-state index in [1.165, 1.54) is 38.5 Å². The smallest absolute Gasteiger partial charge is 0.335 e. The van der Waals surface area contributed by atoms with Crippen LogP contribution in [0.3, 0.4) is 0 Å². The monoisotopic (exact) mass is 253 g/mol. The lowest BCUT2D eigenvalue weighted by atomic mass is 10.1. The third-order valence-corrected chi connectivity index (χ3v) is 2.33. The molecule has 6 nitrogen and oxygen atoms in total. The Kier molecular flexibility index (Phi) is 5.29. The number of methoxy groups -OCH3 is 2. The summed E-state index contributed by atoms with van der Waals surface area (Å²) in [6.45, 7) is 0.184. The second kappa shape index (κ2) is 6.73. The van der Waals surface area contributed by atoms with E-state index in [2.05, 4.69) is 5.32 Å². The van der Waals surface area contributed by atoms with Crippen molar-refractivity contribution >= 4 is 11.9 Å². The molecule has 0 saturated heterocycles. The number of nitrogens with one attached hydrogen (secondary N) is 1. The molecule has 0 aromatic heterocycles. The lowest BCUT2D eigenvalue weighted by Crippen LogP contribution is -2.34. The highest BCUT2D eigenvalue weighted by atomic mass is 16.7. The average molecular weight is 253 g/mol. The highest BCUT2D eigenvalue weighted by Gasteiger charge is 2.11. The average Bonchev–Trinajstić information content (AvgIpc) is 2.39. The van der Waals surface area contributed by atoms with Crippen LogP contribution in [0.15, 0.2) is 24.3 Å². The van der Waals surface area contributed by atoms with Crippen LogP contribution >= 0.6 is 0 Å². The fourth-order valence-corrected chi connectivity index (χ4v) is 1.33. The minimum Gasteiger partial charge on any atom is -0.478 e. The van der Waals surface area contributed by atoms with E-state index in [0.717, 1.165) is 0 Å². The van der Waals surface area contributed by atoms with Crippen LogP contribution in [0.4, 0.5) is 0 Å².